The van der Waals surface area contributed by atoms with Crippen LogP contribution < -0.4 is 4.74 Å². The highest BCUT2D eigenvalue weighted by molar-refractivity contribution is 5.76. The van der Waals surface area contributed by atoms with Crippen molar-refractivity contribution >= 4 is 0 Å². The highest BCUT2D eigenvalue weighted by atomic mass is 16.5. The van der Waals surface area contributed by atoms with Crippen molar-refractivity contribution in [1.29, 1.82) is 0 Å². The van der Waals surface area contributed by atoms with E-state index in [0.29, 0.717) is 29.0 Å². The van der Waals surface area contributed by atoms with Crippen molar-refractivity contribution in [3.8, 4) is 62.5 Å². The maximum Gasteiger partial charge on any atom is 0.169 e. The molecule has 6 heteroatoms. The number of ether oxygens (including phenoxy) is 1. The molecule has 0 radical (unpaired) electrons. The van der Waals surface area contributed by atoms with E-state index in [9.17, 15) is 25.5 Å². The second kappa shape index (κ2) is 23.1. The molecule has 60 heavy (non-hydrogen) atoms. The van der Waals surface area contributed by atoms with Gasteiger partial charge in [0.2, 0.25) is 0 Å². The molecule has 0 heterocycles. The Morgan fingerprint density at radius 1 is 0.350 bits per heavy atom. The summed E-state index contributed by atoms with van der Waals surface area (Å²) in [5.74, 6) is 2.08. The van der Waals surface area contributed by atoms with Gasteiger partial charge in [0.15, 0.2) is 11.5 Å². The van der Waals surface area contributed by atoms with Gasteiger partial charge >= 0.3 is 0 Å². The molecular weight excluding hydrogens is 745 g/mol. The first-order valence-corrected chi connectivity index (χ1v) is 19.6. The van der Waals surface area contributed by atoms with Gasteiger partial charge in [0.05, 0.1) is 0 Å². The van der Waals surface area contributed by atoms with Gasteiger partial charge in [-0.2, -0.15) is 0 Å². The summed E-state index contributed by atoms with van der Waals surface area (Å²) in [6, 6.07) is 34.7. The first-order chi connectivity index (χ1) is 29.0. The summed E-state index contributed by atoms with van der Waals surface area (Å²) in [5, 5.41) is 49.8. The second-order valence-electron chi connectivity index (χ2n) is 13.9. The van der Waals surface area contributed by atoms with Crippen LogP contribution in [-0.2, 0) is 38.5 Å². The first-order valence-electron chi connectivity index (χ1n) is 19.6. The van der Waals surface area contributed by atoms with Crippen molar-refractivity contribution in [2.45, 2.75) is 38.5 Å². The predicted molar refractivity (Wildman–Crippen MR) is 248 cm³/mol. The summed E-state index contributed by atoms with van der Waals surface area (Å²) >= 11 is 0. The number of allylic oxidation sites excluding steroid dienone is 6. The van der Waals surface area contributed by atoms with Crippen LogP contribution in [0.5, 0.6) is 40.2 Å². The Morgan fingerprint density at radius 3 is 1.18 bits per heavy atom. The SMILES string of the molecule is C=CCc1ccc(O)c(-c2cc(CC=C)ccc2O)c1.C=CCc1ccc(O)c(-c2ccc(O)c(CC=C)c2)c1.C=CCc1ccc(Oc2cc(CC=C)ccc2O)cc1. The standard InChI is InChI=1S/3C18H18O2/c1-3-5-14-7-10-16(11-8-14)20-18-13-15(6-4-2)9-12-17(18)19;1-3-5-13-7-9-18(20)16(11-13)14-8-10-17(19)15(12-14)6-4-2;1-3-5-13-7-9-17(19)15(11-13)16-12-14(6-4-2)8-10-18(16)20/h3-4,7-13,19H,1-2,5-6H2;2*3-4,7-12,19-20H,1-2,5-6H2. The minimum absolute atomic E-state index is 0.132. The molecule has 0 atom stereocenters. The monoisotopic (exact) mass is 798 g/mol. The molecule has 6 nitrogen and oxygen atoms in total. The number of phenolic OH excluding ortho intramolecular Hbond substituents is 5. The van der Waals surface area contributed by atoms with Gasteiger partial charge in [-0.25, -0.2) is 0 Å². The van der Waals surface area contributed by atoms with E-state index in [0.717, 1.165) is 71.0 Å². The first kappa shape index (κ1) is 45.3. The molecule has 0 unspecified atom stereocenters. The van der Waals surface area contributed by atoms with Crippen molar-refractivity contribution in [3.05, 3.63) is 225 Å². The molecule has 0 saturated carbocycles. The normalized spacial score (nSPS) is 10.1. The average Bonchev–Trinajstić information content (AvgIpc) is 3.24. The fourth-order valence-corrected chi connectivity index (χ4v) is 6.29. The lowest BCUT2D eigenvalue weighted by molar-refractivity contribution is 0.411. The maximum atomic E-state index is 10.0. The number of aromatic hydroxyl groups is 5. The van der Waals surface area contributed by atoms with Crippen molar-refractivity contribution in [3.63, 3.8) is 0 Å². The number of benzene rings is 6. The van der Waals surface area contributed by atoms with Crippen molar-refractivity contribution in [2.75, 3.05) is 0 Å². The Labute approximate surface area is 354 Å². The van der Waals surface area contributed by atoms with Gasteiger partial charge in [-0.15, -0.1) is 39.5 Å². The number of rotatable bonds is 16. The van der Waals surface area contributed by atoms with Gasteiger partial charge in [-0.3, -0.25) is 0 Å². The minimum Gasteiger partial charge on any atom is -0.508 e. The average molecular weight is 799 g/mol. The van der Waals surface area contributed by atoms with Crippen LogP contribution in [0.1, 0.15) is 33.4 Å². The van der Waals surface area contributed by atoms with E-state index in [1.54, 1.807) is 42.5 Å². The number of hydrogen-bond donors (Lipinski definition) is 5. The predicted octanol–water partition coefficient (Wildman–Crippen LogP) is 13.1. The van der Waals surface area contributed by atoms with Crippen LogP contribution >= 0.6 is 0 Å². The van der Waals surface area contributed by atoms with Crippen LogP contribution in [0.15, 0.2) is 191 Å². The van der Waals surface area contributed by atoms with E-state index in [2.05, 4.69) is 39.5 Å². The van der Waals surface area contributed by atoms with Crippen LogP contribution in [0.3, 0.4) is 0 Å². The van der Waals surface area contributed by atoms with Crippen molar-refractivity contribution in [1.82, 2.24) is 0 Å². The molecule has 306 valence electrons. The van der Waals surface area contributed by atoms with E-state index < -0.39 is 0 Å². The molecular formula is C54H54O6. The largest absolute Gasteiger partial charge is 0.508 e. The molecule has 6 rings (SSSR count). The molecule has 0 aromatic heterocycles. The molecule has 6 aromatic rings. The summed E-state index contributed by atoms with van der Waals surface area (Å²) in [6.07, 6.45) is 15.2. The van der Waals surface area contributed by atoms with Crippen LogP contribution in [0.2, 0.25) is 0 Å². The molecule has 6 aromatic carbocycles. The molecule has 0 aliphatic heterocycles. The lowest BCUT2D eigenvalue weighted by atomic mass is 9.97. The van der Waals surface area contributed by atoms with E-state index >= 15 is 0 Å². The molecule has 0 aliphatic rings. The molecule has 0 bridgehead atoms. The summed E-state index contributed by atoms with van der Waals surface area (Å²) in [7, 11) is 0. The van der Waals surface area contributed by atoms with Gasteiger partial charge in [0.1, 0.15) is 28.7 Å². The van der Waals surface area contributed by atoms with Gasteiger partial charge < -0.3 is 30.3 Å². The zero-order valence-corrected chi connectivity index (χ0v) is 34.1. The second-order valence-corrected chi connectivity index (χ2v) is 13.9. The lowest BCUT2D eigenvalue weighted by Crippen LogP contribution is -1.88. The third-order valence-electron chi connectivity index (χ3n) is 9.30. The quantitative estimate of drug-likeness (QED) is 0.0624. The zero-order chi connectivity index (χ0) is 43.4. The number of hydrogen-bond acceptors (Lipinski definition) is 6. The lowest BCUT2D eigenvalue weighted by Gasteiger charge is -2.10. The Morgan fingerprint density at radius 2 is 0.717 bits per heavy atom. The molecule has 0 amide bonds. The summed E-state index contributed by atoms with van der Waals surface area (Å²) in [5.41, 5.74) is 9.10. The third kappa shape index (κ3) is 13.0. The van der Waals surface area contributed by atoms with E-state index in [1.165, 1.54) is 5.56 Å². The van der Waals surface area contributed by atoms with Gasteiger partial charge in [-0.05, 0) is 150 Å². The van der Waals surface area contributed by atoms with Crippen LogP contribution in [-0.4, -0.2) is 25.5 Å². The van der Waals surface area contributed by atoms with Crippen molar-refractivity contribution < 1.29 is 30.3 Å². The zero-order valence-electron chi connectivity index (χ0n) is 34.1. The highest BCUT2D eigenvalue weighted by Gasteiger charge is 2.12. The van der Waals surface area contributed by atoms with Crippen molar-refractivity contribution in [2.24, 2.45) is 0 Å². The Hall–Kier alpha value is -7.44. The van der Waals surface area contributed by atoms with E-state index in [1.807, 2.05) is 109 Å². The number of phenols is 5. The fourth-order valence-electron chi connectivity index (χ4n) is 6.29. The smallest absolute Gasteiger partial charge is 0.169 e. The van der Waals surface area contributed by atoms with E-state index in [-0.39, 0.29) is 28.7 Å². The van der Waals surface area contributed by atoms with Crippen LogP contribution in [0.4, 0.5) is 0 Å². The Balaban J connectivity index is 0.000000198. The van der Waals surface area contributed by atoms with Gasteiger partial charge in [0.25, 0.3) is 0 Å². The summed E-state index contributed by atoms with van der Waals surface area (Å²) in [6.45, 7) is 22.3. The Kier molecular flexibility index (Phi) is 17.4. The highest BCUT2D eigenvalue weighted by Crippen LogP contribution is 2.37. The molecule has 0 fully saturated rings. The third-order valence-corrected chi connectivity index (χ3v) is 9.30. The summed E-state index contributed by atoms with van der Waals surface area (Å²) < 4.78 is 5.72. The van der Waals surface area contributed by atoms with Gasteiger partial charge in [-0.1, -0.05) is 78.9 Å². The molecule has 0 aliphatic carbocycles. The minimum atomic E-state index is 0.132. The summed E-state index contributed by atoms with van der Waals surface area (Å²) in [4.78, 5) is 0. The Bertz CT molecular complexity index is 2360. The topological polar surface area (TPSA) is 110 Å². The molecule has 0 saturated heterocycles. The van der Waals surface area contributed by atoms with Gasteiger partial charge in [0, 0.05) is 16.7 Å². The van der Waals surface area contributed by atoms with Crippen LogP contribution in [0.25, 0.3) is 22.3 Å². The van der Waals surface area contributed by atoms with E-state index in [4.69, 9.17) is 4.74 Å². The maximum absolute atomic E-state index is 10.0. The fraction of sp³-hybridized carbons (Fsp3) is 0.111. The molecule has 0 spiro atoms. The molecule has 5 N–H and O–H groups in total. The van der Waals surface area contributed by atoms with Crippen LogP contribution in [0, 0.1) is 0 Å².